The maximum absolute atomic E-state index is 6.28. The number of hydrogen-bond donors (Lipinski definition) is 1. The molecule has 1 aromatic carbocycles. The molecule has 1 fully saturated rings. The van der Waals surface area contributed by atoms with Gasteiger partial charge in [0.25, 0.3) is 0 Å². The van der Waals surface area contributed by atoms with Crippen LogP contribution in [0.3, 0.4) is 0 Å². The standard InChI is InChI=1S/C15H24N2O/c1-15(2)12-18-9-8-17(15)11-14(16)10-13-6-4-3-5-7-13/h3-7,14H,8-12,16H2,1-2H3. The minimum atomic E-state index is 0.104. The predicted molar refractivity (Wildman–Crippen MR) is 74.6 cm³/mol. The van der Waals surface area contributed by atoms with E-state index in [1.54, 1.807) is 0 Å². The summed E-state index contributed by atoms with van der Waals surface area (Å²) in [6.45, 7) is 7.98. The highest BCUT2D eigenvalue weighted by Crippen LogP contribution is 2.19. The van der Waals surface area contributed by atoms with Gasteiger partial charge in [0.1, 0.15) is 0 Å². The fraction of sp³-hybridized carbons (Fsp3) is 0.600. The average Bonchev–Trinajstić information content (AvgIpc) is 2.33. The first-order valence-corrected chi connectivity index (χ1v) is 6.70. The van der Waals surface area contributed by atoms with E-state index >= 15 is 0 Å². The normalized spacial score (nSPS) is 21.7. The molecular weight excluding hydrogens is 224 g/mol. The smallest absolute Gasteiger partial charge is 0.0645 e. The summed E-state index contributed by atoms with van der Waals surface area (Å²) in [5.41, 5.74) is 7.69. The highest BCUT2D eigenvalue weighted by atomic mass is 16.5. The summed E-state index contributed by atoms with van der Waals surface area (Å²) < 4.78 is 5.53. The zero-order valence-electron chi connectivity index (χ0n) is 11.4. The van der Waals surface area contributed by atoms with Crippen LogP contribution in [0.4, 0.5) is 0 Å². The third kappa shape index (κ3) is 3.55. The third-order valence-corrected chi connectivity index (χ3v) is 3.61. The monoisotopic (exact) mass is 248 g/mol. The lowest BCUT2D eigenvalue weighted by Crippen LogP contribution is -2.56. The second kappa shape index (κ2) is 5.83. The number of morpholine rings is 1. The van der Waals surface area contributed by atoms with Gasteiger partial charge in [-0.05, 0) is 25.8 Å². The Bertz CT molecular complexity index is 364. The second-order valence-electron chi connectivity index (χ2n) is 5.76. The van der Waals surface area contributed by atoms with Gasteiger partial charge >= 0.3 is 0 Å². The quantitative estimate of drug-likeness (QED) is 0.881. The van der Waals surface area contributed by atoms with Gasteiger partial charge in [0, 0.05) is 24.7 Å². The van der Waals surface area contributed by atoms with Crippen LogP contribution in [0.15, 0.2) is 30.3 Å². The molecule has 0 aliphatic carbocycles. The van der Waals surface area contributed by atoms with E-state index in [9.17, 15) is 0 Å². The lowest BCUT2D eigenvalue weighted by Gasteiger charge is -2.43. The molecule has 2 rings (SSSR count). The summed E-state index contributed by atoms with van der Waals surface area (Å²) >= 11 is 0. The van der Waals surface area contributed by atoms with Gasteiger partial charge in [0.2, 0.25) is 0 Å². The van der Waals surface area contributed by atoms with Crippen molar-refractivity contribution in [3.63, 3.8) is 0 Å². The van der Waals surface area contributed by atoms with Crippen LogP contribution in [0.5, 0.6) is 0 Å². The average molecular weight is 248 g/mol. The van der Waals surface area contributed by atoms with Crippen LogP contribution in [0.2, 0.25) is 0 Å². The molecule has 0 bridgehead atoms. The van der Waals surface area contributed by atoms with E-state index in [4.69, 9.17) is 10.5 Å². The summed E-state index contributed by atoms with van der Waals surface area (Å²) in [5, 5.41) is 0. The first-order chi connectivity index (χ1) is 8.58. The zero-order valence-corrected chi connectivity index (χ0v) is 11.4. The SMILES string of the molecule is CC1(C)COCCN1CC(N)Cc1ccccc1. The predicted octanol–water partition coefficient (Wildman–Crippen LogP) is 1.67. The molecule has 3 nitrogen and oxygen atoms in total. The number of nitrogens with two attached hydrogens (primary N) is 1. The summed E-state index contributed by atoms with van der Waals surface area (Å²) in [4.78, 5) is 2.45. The van der Waals surface area contributed by atoms with Crippen LogP contribution in [0, 0.1) is 0 Å². The first-order valence-electron chi connectivity index (χ1n) is 6.70. The molecule has 3 heteroatoms. The molecule has 1 aromatic rings. The molecule has 1 saturated heterocycles. The third-order valence-electron chi connectivity index (χ3n) is 3.61. The Morgan fingerprint density at radius 3 is 2.72 bits per heavy atom. The molecule has 2 N–H and O–H groups in total. The van der Waals surface area contributed by atoms with Gasteiger partial charge < -0.3 is 10.5 Å². The van der Waals surface area contributed by atoms with Crippen LogP contribution in [-0.2, 0) is 11.2 Å². The maximum Gasteiger partial charge on any atom is 0.0645 e. The first kappa shape index (κ1) is 13.5. The molecule has 1 atom stereocenters. The molecule has 0 spiro atoms. The molecule has 1 aliphatic rings. The van der Waals surface area contributed by atoms with Crippen LogP contribution in [0.25, 0.3) is 0 Å². The van der Waals surface area contributed by atoms with Crippen molar-refractivity contribution in [3.8, 4) is 0 Å². The molecule has 1 aliphatic heterocycles. The van der Waals surface area contributed by atoms with Crippen molar-refractivity contribution in [1.29, 1.82) is 0 Å². The van der Waals surface area contributed by atoms with Crippen LogP contribution in [0.1, 0.15) is 19.4 Å². The highest BCUT2D eigenvalue weighted by molar-refractivity contribution is 5.15. The van der Waals surface area contributed by atoms with Crippen LogP contribution in [-0.4, -0.2) is 42.8 Å². The van der Waals surface area contributed by atoms with E-state index in [1.807, 2.05) is 6.07 Å². The Balaban J connectivity index is 1.89. The van der Waals surface area contributed by atoms with E-state index in [1.165, 1.54) is 5.56 Å². The number of ether oxygens (including phenoxy) is 1. The van der Waals surface area contributed by atoms with Crippen molar-refractivity contribution in [2.24, 2.45) is 5.73 Å². The van der Waals surface area contributed by atoms with E-state index in [0.717, 1.165) is 32.7 Å². The minimum absolute atomic E-state index is 0.104. The Kier molecular flexibility index (Phi) is 4.38. The molecule has 1 heterocycles. The van der Waals surface area contributed by atoms with Crippen molar-refractivity contribution in [1.82, 2.24) is 4.90 Å². The maximum atomic E-state index is 6.28. The van der Waals surface area contributed by atoms with Gasteiger partial charge in [0.15, 0.2) is 0 Å². The summed E-state index contributed by atoms with van der Waals surface area (Å²) in [6, 6.07) is 10.7. The van der Waals surface area contributed by atoms with E-state index in [0.29, 0.717) is 0 Å². The van der Waals surface area contributed by atoms with Gasteiger partial charge in [-0.15, -0.1) is 0 Å². The fourth-order valence-electron chi connectivity index (χ4n) is 2.49. The van der Waals surface area contributed by atoms with Gasteiger partial charge in [-0.3, -0.25) is 4.90 Å². The summed E-state index contributed by atoms with van der Waals surface area (Å²) in [7, 11) is 0. The number of rotatable bonds is 4. The molecule has 0 radical (unpaired) electrons. The molecule has 0 amide bonds. The van der Waals surface area contributed by atoms with E-state index in [2.05, 4.69) is 43.0 Å². The van der Waals surface area contributed by atoms with Crippen molar-refractivity contribution in [3.05, 3.63) is 35.9 Å². The Hall–Kier alpha value is -0.900. The fourth-order valence-corrected chi connectivity index (χ4v) is 2.49. The van der Waals surface area contributed by atoms with E-state index < -0.39 is 0 Å². The van der Waals surface area contributed by atoms with Crippen LogP contribution < -0.4 is 5.73 Å². The molecule has 0 aromatic heterocycles. The van der Waals surface area contributed by atoms with Gasteiger partial charge in [-0.25, -0.2) is 0 Å². The Labute approximate surface area is 110 Å². The lowest BCUT2D eigenvalue weighted by molar-refractivity contribution is -0.0529. The molecular formula is C15H24N2O. The summed E-state index contributed by atoms with van der Waals surface area (Å²) in [6.07, 6.45) is 0.939. The minimum Gasteiger partial charge on any atom is -0.378 e. The lowest BCUT2D eigenvalue weighted by atomic mass is 9.99. The molecule has 0 saturated carbocycles. The second-order valence-corrected chi connectivity index (χ2v) is 5.76. The largest absolute Gasteiger partial charge is 0.378 e. The Morgan fingerprint density at radius 1 is 1.33 bits per heavy atom. The number of benzene rings is 1. The highest BCUT2D eigenvalue weighted by Gasteiger charge is 2.31. The number of nitrogens with zero attached hydrogens (tertiary/aromatic N) is 1. The zero-order chi connectivity index (χ0) is 13.0. The van der Waals surface area contributed by atoms with Gasteiger partial charge in [0.05, 0.1) is 13.2 Å². The van der Waals surface area contributed by atoms with Gasteiger partial charge in [-0.1, -0.05) is 30.3 Å². The van der Waals surface area contributed by atoms with Crippen molar-refractivity contribution < 1.29 is 4.74 Å². The van der Waals surface area contributed by atoms with Crippen molar-refractivity contribution in [2.75, 3.05) is 26.3 Å². The molecule has 18 heavy (non-hydrogen) atoms. The Morgan fingerprint density at radius 2 is 2.06 bits per heavy atom. The van der Waals surface area contributed by atoms with Crippen LogP contribution >= 0.6 is 0 Å². The summed E-state index contributed by atoms with van der Waals surface area (Å²) in [5.74, 6) is 0. The van der Waals surface area contributed by atoms with Crippen molar-refractivity contribution >= 4 is 0 Å². The van der Waals surface area contributed by atoms with Crippen molar-refractivity contribution in [2.45, 2.75) is 31.8 Å². The molecule has 1 unspecified atom stereocenters. The molecule has 100 valence electrons. The topological polar surface area (TPSA) is 38.5 Å². The number of hydrogen-bond acceptors (Lipinski definition) is 3. The van der Waals surface area contributed by atoms with E-state index in [-0.39, 0.29) is 11.6 Å². The van der Waals surface area contributed by atoms with Gasteiger partial charge in [-0.2, -0.15) is 0 Å².